The summed E-state index contributed by atoms with van der Waals surface area (Å²) in [6.07, 6.45) is 1.08. The van der Waals surface area contributed by atoms with E-state index in [9.17, 15) is 9.00 Å². The van der Waals surface area contributed by atoms with E-state index < -0.39 is 16.8 Å². The van der Waals surface area contributed by atoms with Crippen LogP contribution >= 0.6 is 0 Å². The Balaban J connectivity index is 2.53. The summed E-state index contributed by atoms with van der Waals surface area (Å²) in [5.74, 6) is 0.936. The summed E-state index contributed by atoms with van der Waals surface area (Å²) in [5, 5.41) is 8.66. The predicted octanol–water partition coefficient (Wildman–Crippen LogP) is 2.61. The summed E-state index contributed by atoms with van der Waals surface area (Å²) in [4.78, 5) is 10.5. The summed E-state index contributed by atoms with van der Waals surface area (Å²) >= 11 is 0. The Labute approximate surface area is 111 Å². The number of aliphatic carboxylic acids is 1. The van der Waals surface area contributed by atoms with Gasteiger partial charge in [0.05, 0.1) is 6.42 Å². The van der Waals surface area contributed by atoms with Crippen molar-refractivity contribution in [2.45, 2.75) is 32.4 Å². The molecule has 0 saturated carbocycles. The average molecular weight is 268 g/mol. The molecule has 0 aliphatic rings. The Morgan fingerprint density at radius 3 is 2.33 bits per heavy atom. The molecule has 1 rings (SSSR count). The smallest absolute Gasteiger partial charge is 0.307 e. The van der Waals surface area contributed by atoms with Gasteiger partial charge in [0.2, 0.25) is 0 Å². The Kier molecular flexibility index (Phi) is 6.05. The largest absolute Gasteiger partial charge is 0.481 e. The molecule has 0 heterocycles. The lowest BCUT2D eigenvalue weighted by molar-refractivity contribution is -0.136. The zero-order valence-corrected chi connectivity index (χ0v) is 11.7. The van der Waals surface area contributed by atoms with Crippen LogP contribution in [0.5, 0.6) is 0 Å². The number of hydrogen-bond acceptors (Lipinski definition) is 2. The van der Waals surface area contributed by atoms with Gasteiger partial charge in [0, 0.05) is 22.3 Å². The number of carboxylic acid groups (broad SMARTS) is 1. The third kappa shape index (κ3) is 5.45. The highest BCUT2D eigenvalue weighted by Gasteiger charge is 2.07. The maximum Gasteiger partial charge on any atom is 0.307 e. The Bertz CT molecular complexity index is 412. The number of carboxylic acids is 1. The van der Waals surface area contributed by atoms with Crippen molar-refractivity contribution in [2.24, 2.45) is 5.92 Å². The first-order valence-electron chi connectivity index (χ1n) is 6.15. The van der Waals surface area contributed by atoms with Crippen LogP contribution < -0.4 is 0 Å². The van der Waals surface area contributed by atoms with Crippen molar-refractivity contribution in [3.8, 4) is 0 Å². The normalized spacial score (nSPS) is 14.1. The first kappa shape index (κ1) is 14.9. The maximum absolute atomic E-state index is 11.9. The van der Waals surface area contributed by atoms with Crippen LogP contribution in [0.25, 0.3) is 0 Å². The number of hydrogen-bond donors (Lipinski definition) is 1. The molecule has 100 valence electrons. The molecule has 0 bridgehead atoms. The summed E-state index contributed by atoms with van der Waals surface area (Å²) in [5.41, 5.74) is 1.78. The predicted molar refractivity (Wildman–Crippen MR) is 74.0 cm³/mol. The van der Waals surface area contributed by atoms with E-state index in [4.69, 9.17) is 5.11 Å². The molecule has 2 atom stereocenters. The molecule has 0 spiro atoms. The van der Waals surface area contributed by atoms with Crippen LogP contribution in [0, 0.1) is 5.92 Å². The average Bonchev–Trinajstić information content (AvgIpc) is 2.30. The Morgan fingerprint density at radius 2 is 1.83 bits per heavy atom. The van der Waals surface area contributed by atoms with Crippen molar-refractivity contribution >= 4 is 16.8 Å². The molecular weight excluding hydrogens is 248 g/mol. The van der Waals surface area contributed by atoms with Crippen molar-refractivity contribution < 1.29 is 14.1 Å². The van der Waals surface area contributed by atoms with Gasteiger partial charge in [0.1, 0.15) is 0 Å². The minimum Gasteiger partial charge on any atom is -0.481 e. The standard InChI is InChI=1S/C14H20O3S/c1-3-11(2)9-18(17)10-13-6-4-12(5-7-13)8-14(15)16/h4-7,11H,3,8-10H2,1-2H3,(H,15,16). The monoisotopic (exact) mass is 268 g/mol. The van der Waals surface area contributed by atoms with E-state index in [2.05, 4.69) is 13.8 Å². The van der Waals surface area contributed by atoms with E-state index >= 15 is 0 Å². The van der Waals surface area contributed by atoms with Gasteiger partial charge in [0.25, 0.3) is 0 Å². The van der Waals surface area contributed by atoms with Crippen LogP contribution in [-0.2, 0) is 27.8 Å². The second kappa shape index (κ2) is 7.31. The zero-order valence-electron chi connectivity index (χ0n) is 10.9. The summed E-state index contributed by atoms with van der Waals surface area (Å²) in [6, 6.07) is 7.33. The van der Waals surface area contributed by atoms with E-state index in [0.717, 1.165) is 23.3 Å². The molecule has 3 nitrogen and oxygen atoms in total. The van der Waals surface area contributed by atoms with Gasteiger partial charge in [0.15, 0.2) is 0 Å². The molecule has 1 aromatic carbocycles. The summed E-state index contributed by atoms with van der Waals surface area (Å²) in [6.45, 7) is 4.20. The second-order valence-corrected chi connectivity index (χ2v) is 6.15. The van der Waals surface area contributed by atoms with Gasteiger partial charge in [-0.3, -0.25) is 9.00 Å². The van der Waals surface area contributed by atoms with Gasteiger partial charge in [-0.05, 0) is 17.0 Å². The summed E-state index contributed by atoms with van der Waals surface area (Å²) < 4.78 is 11.9. The third-order valence-electron chi connectivity index (χ3n) is 2.87. The SMILES string of the molecule is CCC(C)CS(=O)Cc1ccc(CC(=O)O)cc1. The second-order valence-electron chi connectivity index (χ2n) is 4.65. The topological polar surface area (TPSA) is 54.4 Å². The van der Waals surface area contributed by atoms with Crippen molar-refractivity contribution in [2.75, 3.05) is 5.75 Å². The quantitative estimate of drug-likeness (QED) is 0.827. The molecule has 0 saturated heterocycles. The molecule has 18 heavy (non-hydrogen) atoms. The van der Waals surface area contributed by atoms with Gasteiger partial charge in [-0.2, -0.15) is 0 Å². The molecule has 0 aliphatic heterocycles. The minimum atomic E-state index is -0.835. The Morgan fingerprint density at radius 1 is 1.28 bits per heavy atom. The molecule has 2 unspecified atom stereocenters. The molecule has 0 amide bonds. The lowest BCUT2D eigenvalue weighted by Crippen LogP contribution is -2.08. The van der Waals surface area contributed by atoms with Crippen molar-refractivity contribution in [3.63, 3.8) is 0 Å². The number of rotatable bonds is 7. The molecule has 0 radical (unpaired) electrons. The fourth-order valence-electron chi connectivity index (χ4n) is 1.61. The van der Waals surface area contributed by atoms with Crippen LogP contribution in [0.15, 0.2) is 24.3 Å². The lowest BCUT2D eigenvalue weighted by atomic mass is 10.1. The zero-order chi connectivity index (χ0) is 13.5. The van der Waals surface area contributed by atoms with Crippen LogP contribution in [0.2, 0.25) is 0 Å². The third-order valence-corrected chi connectivity index (χ3v) is 4.47. The van der Waals surface area contributed by atoms with E-state index in [1.54, 1.807) is 12.1 Å². The fourth-order valence-corrected chi connectivity index (χ4v) is 3.16. The summed E-state index contributed by atoms with van der Waals surface area (Å²) in [7, 11) is -0.835. The van der Waals surface area contributed by atoms with Gasteiger partial charge < -0.3 is 5.11 Å². The molecule has 0 aromatic heterocycles. The van der Waals surface area contributed by atoms with Crippen LogP contribution in [0.1, 0.15) is 31.4 Å². The molecular formula is C14H20O3S. The van der Waals surface area contributed by atoms with E-state index in [1.165, 1.54) is 0 Å². The molecule has 0 fully saturated rings. The minimum absolute atomic E-state index is 0.0379. The Hall–Kier alpha value is -1.16. The van der Waals surface area contributed by atoms with Gasteiger partial charge in [-0.15, -0.1) is 0 Å². The number of benzene rings is 1. The van der Waals surface area contributed by atoms with E-state index in [1.807, 2.05) is 12.1 Å². The van der Waals surface area contributed by atoms with Gasteiger partial charge in [-0.25, -0.2) is 0 Å². The first-order valence-corrected chi connectivity index (χ1v) is 7.64. The molecule has 4 heteroatoms. The highest BCUT2D eigenvalue weighted by atomic mass is 32.2. The molecule has 1 aromatic rings. The fraction of sp³-hybridized carbons (Fsp3) is 0.500. The lowest BCUT2D eigenvalue weighted by Gasteiger charge is -2.08. The van der Waals surface area contributed by atoms with Crippen LogP contribution in [-0.4, -0.2) is 21.0 Å². The highest BCUT2D eigenvalue weighted by molar-refractivity contribution is 7.84. The van der Waals surface area contributed by atoms with Crippen molar-refractivity contribution in [1.29, 1.82) is 0 Å². The van der Waals surface area contributed by atoms with Crippen LogP contribution in [0.4, 0.5) is 0 Å². The molecule has 0 aliphatic carbocycles. The van der Waals surface area contributed by atoms with E-state index in [0.29, 0.717) is 11.7 Å². The number of carbonyl (C=O) groups is 1. The van der Waals surface area contributed by atoms with Crippen molar-refractivity contribution in [3.05, 3.63) is 35.4 Å². The molecule has 1 N–H and O–H groups in total. The van der Waals surface area contributed by atoms with Crippen LogP contribution in [0.3, 0.4) is 0 Å². The van der Waals surface area contributed by atoms with Gasteiger partial charge >= 0.3 is 5.97 Å². The van der Waals surface area contributed by atoms with E-state index in [-0.39, 0.29) is 6.42 Å². The highest BCUT2D eigenvalue weighted by Crippen LogP contribution is 2.10. The van der Waals surface area contributed by atoms with Gasteiger partial charge in [-0.1, -0.05) is 44.5 Å². The first-order chi connectivity index (χ1) is 8.51. The maximum atomic E-state index is 11.9. The van der Waals surface area contributed by atoms with Crippen molar-refractivity contribution in [1.82, 2.24) is 0 Å².